The third kappa shape index (κ3) is 3.84. The molecular formula is C13H16BrNO3. The molecule has 5 heteroatoms. The Labute approximate surface area is 115 Å². The Kier molecular flexibility index (Phi) is 5.34. The van der Waals surface area contributed by atoms with Crippen molar-refractivity contribution in [2.24, 2.45) is 5.92 Å². The summed E-state index contributed by atoms with van der Waals surface area (Å²) in [7, 11) is 0. The van der Waals surface area contributed by atoms with Gasteiger partial charge in [-0.15, -0.1) is 0 Å². The van der Waals surface area contributed by atoms with Crippen molar-refractivity contribution in [2.45, 2.75) is 20.3 Å². The minimum atomic E-state index is -0.845. The van der Waals surface area contributed by atoms with E-state index in [2.05, 4.69) is 21.2 Å². The molecule has 1 atom stereocenters. The highest BCUT2D eigenvalue weighted by atomic mass is 79.9. The van der Waals surface area contributed by atoms with Crippen LogP contribution in [-0.2, 0) is 4.79 Å². The first-order valence-corrected chi connectivity index (χ1v) is 6.49. The molecule has 0 saturated carbocycles. The summed E-state index contributed by atoms with van der Waals surface area (Å²) in [6, 6.07) is 5.42. The highest BCUT2D eigenvalue weighted by molar-refractivity contribution is 9.10. The quantitative estimate of drug-likeness (QED) is 0.878. The van der Waals surface area contributed by atoms with Crippen molar-refractivity contribution in [2.75, 3.05) is 6.54 Å². The molecule has 0 aromatic heterocycles. The van der Waals surface area contributed by atoms with Gasteiger partial charge in [-0.3, -0.25) is 9.59 Å². The van der Waals surface area contributed by atoms with Crippen LogP contribution in [0.4, 0.5) is 0 Å². The summed E-state index contributed by atoms with van der Waals surface area (Å²) in [5.41, 5.74) is 1.48. The average molecular weight is 314 g/mol. The number of hydrogen-bond acceptors (Lipinski definition) is 2. The van der Waals surface area contributed by atoms with Crippen LogP contribution in [0.15, 0.2) is 22.7 Å². The molecule has 0 saturated heterocycles. The molecule has 0 aliphatic heterocycles. The molecule has 1 aromatic carbocycles. The fourth-order valence-corrected chi connectivity index (χ4v) is 1.84. The Hall–Kier alpha value is -1.36. The average Bonchev–Trinajstić information content (AvgIpc) is 2.32. The normalized spacial score (nSPS) is 11.9. The summed E-state index contributed by atoms with van der Waals surface area (Å²) in [4.78, 5) is 22.5. The van der Waals surface area contributed by atoms with Crippen molar-refractivity contribution in [3.05, 3.63) is 33.8 Å². The first-order valence-electron chi connectivity index (χ1n) is 5.69. The summed E-state index contributed by atoms with van der Waals surface area (Å²) in [5.74, 6) is -1.47. The van der Waals surface area contributed by atoms with E-state index in [0.717, 1.165) is 10.0 Å². The van der Waals surface area contributed by atoms with Crippen molar-refractivity contribution in [1.82, 2.24) is 5.32 Å². The number of hydrogen-bond donors (Lipinski definition) is 2. The molecular weight excluding hydrogens is 298 g/mol. The largest absolute Gasteiger partial charge is 0.481 e. The van der Waals surface area contributed by atoms with Gasteiger partial charge in [-0.2, -0.15) is 0 Å². The van der Waals surface area contributed by atoms with Crippen LogP contribution >= 0.6 is 15.9 Å². The molecule has 1 aromatic rings. The predicted molar refractivity (Wildman–Crippen MR) is 72.6 cm³/mol. The topological polar surface area (TPSA) is 66.4 Å². The molecule has 1 amide bonds. The Balaban J connectivity index is 2.56. The molecule has 1 unspecified atom stereocenters. The van der Waals surface area contributed by atoms with E-state index in [9.17, 15) is 9.59 Å². The maximum absolute atomic E-state index is 11.9. The molecule has 0 fully saturated rings. The molecule has 0 aliphatic rings. The fourth-order valence-electron chi connectivity index (χ4n) is 1.47. The molecule has 0 spiro atoms. The lowest BCUT2D eigenvalue weighted by atomic mass is 10.1. The maximum atomic E-state index is 11.9. The predicted octanol–water partition coefficient (Wildman–Crippen LogP) is 2.60. The number of carbonyl (C=O) groups excluding carboxylic acids is 1. The van der Waals surface area contributed by atoms with Crippen LogP contribution in [0.25, 0.3) is 0 Å². The Morgan fingerprint density at radius 1 is 1.44 bits per heavy atom. The van der Waals surface area contributed by atoms with Gasteiger partial charge in [0.05, 0.1) is 5.92 Å². The zero-order valence-corrected chi connectivity index (χ0v) is 12.0. The summed E-state index contributed by atoms with van der Waals surface area (Å²) >= 11 is 3.37. The SMILES string of the molecule is Cc1c(Br)cccc1C(=O)NCCC(C)C(=O)O. The van der Waals surface area contributed by atoms with Crippen molar-refractivity contribution in [3.63, 3.8) is 0 Å². The Bertz CT molecular complexity index is 460. The zero-order valence-electron chi connectivity index (χ0n) is 10.4. The van der Waals surface area contributed by atoms with E-state index in [1.165, 1.54) is 0 Å². The van der Waals surface area contributed by atoms with E-state index in [1.54, 1.807) is 19.1 Å². The molecule has 0 heterocycles. The number of benzene rings is 1. The standard InChI is InChI=1S/C13H16BrNO3/c1-8(13(17)18)6-7-15-12(16)10-4-3-5-11(14)9(10)2/h3-5,8H,6-7H2,1-2H3,(H,15,16)(H,17,18). The van der Waals surface area contributed by atoms with Gasteiger partial charge in [0, 0.05) is 16.6 Å². The third-order valence-electron chi connectivity index (χ3n) is 2.80. The number of nitrogens with one attached hydrogen (secondary N) is 1. The van der Waals surface area contributed by atoms with Gasteiger partial charge in [0.15, 0.2) is 0 Å². The summed E-state index contributed by atoms with van der Waals surface area (Å²) < 4.78 is 0.883. The summed E-state index contributed by atoms with van der Waals surface area (Å²) in [5, 5.41) is 11.5. The van der Waals surface area contributed by atoms with Gasteiger partial charge < -0.3 is 10.4 Å². The van der Waals surface area contributed by atoms with Crippen LogP contribution in [0.3, 0.4) is 0 Å². The number of carbonyl (C=O) groups is 2. The van der Waals surface area contributed by atoms with Crippen LogP contribution in [-0.4, -0.2) is 23.5 Å². The number of aliphatic carboxylic acids is 1. The lowest BCUT2D eigenvalue weighted by Crippen LogP contribution is -2.27. The highest BCUT2D eigenvalue weighted by Gasteiger charge is 2.13. The minimum Gasteiger partial charge on any atom is -0.481 e. The van der Waals surface area contributed by atoms with E-state index in [1.807, 2.05) is 13.0 Å². The maximum Gasteiger partial charge on any atom is 0.306 e. The van der Waals surface area contributed by atoms with Crippen molar-refractivity contribution >= 4 is 27.8 Å². The van der Waals surface area contributed by atoms with Gasteiger partial charge in [0.1, 0.15) is 0 Å². The molecule has 0 aliphatic carbocycles. The minimum absolute atomic E-state index is 0.175. The fraction of sp³-hybridized carbons (Fsp3) is 0.385. The number of amides is 1. The number of halogens is 1. The summed E-state index contributed by atoms with van der Waals surface area (Å²) in [6.07, 6.45) is 0.425. The van der Waals surface area contributed by atoms with Gasteiger partial charge >= 0.3 is 5.97 Å². The second-order valence-electron chi connectivity index (χ2n) is 4.20. The monoisotopic (exact) mass is 313 g/mol. The van der Waals surface area contributed by atoms with Gasteiger partial charge in [0.2, 0.25) is 0 Å². The van der Waals surface area contributed by atoms with E-state index >= 15 is 0 Å². The van der Waals surface area contributed by atoms with E-state index < -0.39 is 11.9 Å². The van der Waals surface area contributed by atoms with Crippen molar-refractivity contribution < 1.29 is 14.7 Å². The highest BCUT2D eigenvalue weighted by Crippen LogP contribution is 2.19. The van der Waals surface area contributed by atoms with Crippen LogP contribution in [0.2, 0.25) is 0 Å². The molecule has 0 radical (unpaired) electrons. The van der Waals surface area contributed by atoms with Gasteiger partial charge in [-0.05, 0) is 31.0 Å². The Morgan fingerprint density at radius 2 is 2.11 bits per heavy atom. The molecule has 0 bridgehead atoms. The smallest absolute Gasteiger partial charge is 0.306 e. The number of carboxylic acids is 1. The van der Waals surface area contributed by atoms with E-state index in [-0.39, 0.29) is 5.91 Å². The zero-order chi connectivity index (χ0) is 13.7. The Morgan fingerprint density at radius 3 is 2.72 bits per heavy atom. The first-order chi connectivity index (χ1) is 8.43. The van der Waals surface area contributed by atoms with Crippen LogP contribution in [0, 0.1) is 12.8 Å². The van der Waals surface area contributed by atoms with E-state index in [0.29, 0.717) is 18.5 Å². The van der Waals surface area contributed by atoms with Crippen LogP contribution in [0.5, 0.6) is 0 Å². The summed E-state index contributed by atoms with van der Waals surface area (Å²) in [6.45, 7) is 3.84. The van der Waals surface area contributed by atoms with Crippen LogP contribution in [0.1, 0.15) is 29.3 Å². The van der Waals surface area contributed by atoms with Gasteiger partial charge in [0.25, 0.3) is 5.91 Å². The van der Waals surface area contributed by atoms with Crippen molar-refractivity contribution in [3.8, 4) is 0 Å². The second kappa shape index (κ2) is 6.54. The van der Waals surface area contributed by atoms with E-state index in [4.69, 9.17) is 5.11 Å². The lowest BCUT2D eigenvalue weighted by molar-refractivity contribution is -0.141. The second-order valence-corrected chi connectivity index (χ2v) is 5.05. The van der Waals surface area contributed by atoms with Gasteiger partial charge in [-0.25, -0.2) is 0 Å². The first kappa shape index (κ1) is 14.7. The van der Waals surface area contributed by atoms with Crippen LogP contribution < -0.4 is 5.32 Å². The molecule has 18 heavy (non-hydrogen) atoms. The molecule has 98 valence electrons. The van der Waals surface area contributed by atoms with Gasteiger partial charge in [-0.1, -0.05) is 28.9 Å². The molecule has 2 N–H and O–H groups in total. The number of carboxylic acid groups (broad SMARTS) is 1. The third-order valence-corrected chi connectivity index (χ3v) is 3.66. The number of rotatable bonds is 5. The molecule has 4 nitrogen and oxygen atoms in total. The van der Waals surface area contributed by atoms with Crippen molar-refractivity contribution in [1.29, 1.82) is 0 Å². The lowest BCUT2D eigenvalue weighted by Gasteiger charge is -2.10. The molecule has 1 rings (SSSR count).